The first-order valence-electron chi connectivity index (χ1n) is 5.57. The maximum absolute atomic E-state index is 11.9. The third-order valence-electron chi connectivity index (χ3n) is 2.41. The largest absolute Gasteiger partial charge is 0.481 e. The Morgan fingerprint density at radius 1 is 1.26 bits per heavy atom. The van der Waals surface area contributed by atoms with Gasteiger partial charge in [-0.2, -0.15) is 0 Å². The third-order valence-corrected chi connectivity index (χ3v) is 4.01. The molecule has 1 rings (SSSR count). The summed E-state index contributed by atoms with van der Waals surface area (Å²) in [5, 5.41) is 8.58. The van der Waals surface area contributed by atoms with Crippen LogP contribution in [0.4, 0.5) is 0 Å². The smallest absolute Gasteiger partial charge is 0.304 e. The number of ketones is 1. The van der Waals surface area contributed by atoms with Crippen molar-refractivity contribution in [3.63, 3.8) is 0 Å². The quantitative estimate of drug-likeness (QED) is 0.760. The van der Waals surface area contributed by atoms with Gasteiger partial charge in [-0.15, -0.1) is 0 Å². The molecule has 0 amide bonds. The van der Waals surface area contributed by atoms with Gasteiger partial charge in [0, 0.05) is 11.6 Å². The van der Waals surface area contributed by atoms with Crippen LogP contribution in [0.25, 0.3) is 0 Å². The molecular weight excluding hydrogens is 270 g/mol. The molecule has 19 heavy (non-hydrogen) atoms. The van der Waals surface area contributed by atoms with Crippen molar-refractivity contribution in [1.29, 1.82) is 0 Å². The zero-order valence-corrected chi connectivity index (χ0v) is 11.4. The first-order valence-corrected chi connectivity index (χ1v) is 7.06. The monoisotopic (exact) mass is 285 g/mol. The van der Waals surface area contributed by atoms with Gasteiger partial charge >= 0.3 is 5.97 Å². The zero-order chi connectivity index (χ0) is 14.6. The van der Waals surface area contributed by atoms with Crippen LogP contribution in [-0.2, 0) is 14.8 Å². The number of sulfonamides is 1. The first kappa shape index (κ1) is 15.3. The normalized spacial score (nSPS) is 12.9. The summed E-state index contributed by atoms with van der Waals surface area (Å²) in [7, 11) is -3.77. The molecule has 1 aromatic carbocycles. The number of carbonyl (C=O) groups is 2. The Morgan fingerprint density at radius 3 is 2.21 bits per heavy atom. The van der Waals surface area contributed by atoms with Crippen LogP contribution in [0.2, 0.25) is 0 Å². The predicted octanol–water partition coefficient (Wildman–Crippen LogP) is 1.03. The lowest BCUT2D eigenvalue weighted by Crippen LogP contribution is -2.34. The minimum absolute atomic E-state index is 0.00487. The van der Waals surface area contributed by atoms with Crippen molar-refractivity contribution in [1.82, 2.24) is 4.72 Å². The van der Waals surface area contributed by atoms with Gasteiger partial charge < -0.3 is 5.11 Å². The van der Waals surface area contributed by atoms with E-state index in [2.05, 4.69) is 4.72 Å². The van der Waals surface area contributed by atoms with Crippen molar-refractivity contribution in [3.8, 4) is 0 Å². The number of Topliss-reactive ketones (excluding diaryl/α,β-unsaturated/α-hetero) is 1. The number of carboxylic acids is 1. The Bertz CT molecular complexity index is 577. The Labute approximate surface area is 111 Å². The number of rotatable bonds is 6. The van der Waals surface area contributed by atoms with Crippen LogP contribution in [-0.4, -0.2) is 31.3 Å². The zero-order valence-electron chi connectivity index (χ0n) is 10.6. The topological polar surface area (TPSA) is 101 Å². The van der Waals surface area contributed by atoms with Crippen molar-refractivity contribution in [2.24, 2.45) is 0 Å². The number of hydrogen-bond donors (Lipinski definition) is 2. The van der Waals surface area contributed by atoms with Crippen LogP contribution in [0.1, 0.15) is 30.6 Å². The van der Waals surface area contributed by atoms with E-state index in [1.165, 1.54) is 38.1 Å². The number of hydrogen-bond acceptors (Lipinski definition) is 4. The molecule has 0 aliphatic heterocycles. The van der Waals surface area contributed by atoms with E-state index >= 15 is 0 Å². The highest BCUT2D eigenvalue weighted by molar-refractivity contribution is 7.89. The van der Waals surface area contributed by atoms with Gasteiger partial charge in [-0.1, -0.05) is 12.1 Å². The molecule has 1 aromatic rings. The van der Waals surface area contributed by atoms with Crippen LogP contribution >= 0.6 is 0 Å². The fourth-order valence-electron chi connectivity index (χ4n) is 1.51. The van der Waals surface area contributed by atoms with E-state index in [1.54, 1.807) is 0 Å². The molecule has 0 heterocycles. The van der Waals surface area contributed by atoms with Gasteiger partial charge in [0.25, 0.3) is 0 Å². The molecule has 0 fully saturated rings. The van der Waals surface area contributed by atoms with E-state index < -0.39 is 22.0 Å². The minimum Gasteiger partial charge on any atom is -0.481 e. The number of carbonyl (C=O) groups excluding carboxylic acids is 1. The number of carboxylic acid groups (broad SMARTS) is 1. The fourth-order valence-corrected chi connectivity index (χ4v) is 2.75. The van der Waals surface area contributed by atoms with Crippen LogP contribution in [0.5, 0.6) is 0 Å². The van der Waals surface area contributed by atoms with Gasteiger partial charge in [0.15, 0.2) is 5.78 Å². The summed E-state index contributed by atoms with van der Waals surface area (Å²) in [4.78, 5) is 21.5. The average Bonchev–Trinajstić information content (AvgIpc) is 2.27. The summed E-state index contributed by atoms with van der Waals surface area (Å²) in [6.07, 6.45) is -0.301. The highest BCUT2D eigenvalue weighted by atomic mass is 32.2. The van der Waals surface area contributed by atoms with Crippen molar-refractivity contribution in [2.75, 3.05) is 0 Å². The van der Waals surface area contributed by atoms with E-state index in [0.717, 1.165) is 0 Å². The Balaban J connectivity index is 2.88. The van der Waals surface area contributed by atoms with Gasteiger partial charge in [-0.3, -0.25) is 9.59 Å². The molecule has 1 atom stereocenters. The van der Waals surface area contributed by atoms with Crippen LogP contribution in [0.15, 0.2) is 29.2 Å². The Hall–Kier alpha value is -1.73. The number of benzene rings is 1. The maximum Gasteiger partial charge on any atom is 0.304 e. The van der Waals surface area contributed by atoms with E-state index in [4.69, 9.17) is 5.11 Å². The first-order chi connectivity index (χ1) is 8.72. The summed E-state index contributed by atoms with van der Waals surface area (Å²) in [6.45, 7) is 2.85. The fraction of sp³-hybridized carbons (Fsp3) is 0.333. The highest BCUT2D eigenvalue weighted by Crippen LogP contribution is 2.12. The second-order valence-electron chi connectivity index (χ2n) is 4.20. The molecule has 6 nitrogen and oxygen atoms in total. The second-order valence-corrected chi connectivity index (χ2v) is 5.91. The molecule has 0 aliphatic carbocycles. The summed E-state index contributed by atoms with van der Waals surface area (Å²) < 4.78 is 26.1. The average molecular weight is 285 g/mol. The third kappa shape index (κ3) is 4.46. The lowest BCUT2D eigenvalue weighted by Gasteiger charge is -2.12. The van der Waals surface area contributed by atoms with Gasteiger partial charge in [-0.05, 0) is 26.0 Å². The molecular formula is C12H15NO5S. The van der Waals surface area contributed by atoms with E-state index in [1.807, 2.05) is 0 Å². The van der Waals surface area contributed by atoms with Crippen molar-refractivity contribution < 1.29 is 23.1 Å². The Morgan fingerprint density at radius 2 is 1.79 bits per heavy atom. The molecule has 0 saturated heterocycles. The van der Waals surface area contributed by atoms with Gasteiger partial charge in [0.2, 0.25) is 10.0 Å². The molecule has 0 radical (unpaired) electrons. The van der Waals surface area contributed by atoms with E-state index in [0.29, 0.717) is 5.56 Å². The molecule has 2 N–H and O–H groups in total. The molecule has 7 heteroatoms. The van der Waals surface area contributed by atoms with Crippen molar-refractivity contribution in [3.05, 3.63) is 29.8 Å². The molecule has 0 aliphatic rings. The second kappa shape index (κ2) is 5.94. The molecule has 0 saturated carbocycles. The maximum atomic E-state index is 11.9. The molecule has 1 unspecified atom stereocenters. The lowest BCUT2D eigenvalue weighted by atomic mass is 10.2. The summed E-state index contributed by atoms with van der Waals surface area (Å²) in [6, 6.07) is 4.74. The number of nitrogens with one attached hydrogen (secondary N) is 1. The van der Waals surface area contributed by atoms with Crippen LogP contribution < -0.4 is 4.72 Å². The molecule has 0 bridgehead atoms. The van der Waals surface area contributed by atoms with Gasteiger partial charge in [0.1, 0.15) is 0 Å². The molecule has 0 spiro atoms. The molecule has 0 aromatic heterocycles. The van der Waals surface area contributed by atoms with E-state index in [-0.39, 0.29) is 17.1 Å². The summed E-state index contributed by atoms with van der Waals surface area (Å²) in [5.41, 5.74) is 0.414. The molecule has 104 valence electrons. The van der Waals surface area contributed by atoms with Crippen molar-refractivity contribution >= 4 is 21.8 Å². The minimum atomic E-state index is -3.77. The van der Waals surface area contributed by atoms with Gasteiger partial charge in [0.05, 0.1) is 11.3 Å². The summed E-state index contributed by atoms with van der Waals surface area (Å²) >= 11 is 0. The summed E-state index contributed by atoms with van der Waals surface area (Å²) in [5.74, 6) is -1.24. The van der Waals surface area contributed by atoms with E-state index in [9.17, 15) is 18.0 Å². The Kier molecular flexibility index (Phi) is 4.79. The number of aliphatic carboxylic acids is 1. The predicted molar refractivity (Wildman–Crippen MR) is 68.5 cm³/mol. The van der Waals surface area contributed by atoms with Gasteiger partial charge in [-0.25, -0.2) is 13.1 Å². The highest BCUT2D eigenvalue weighted by Gasteiger charge is 2.19. The van der Waals surface area contributed by atoms with Crippen molar-refractivity contribution in [2.45, 2.75) is 31.2 Å². The SMILES string of the molecule is CC(=O)c1ccc(S(=O)(=O)NC(C)CC(=O)O)cc1. The van der Waals surface area contributed by atoms with Crippen LogP contribution in [0.3, 0.4) is 0 Å². The standard InChI is InChI=1S/C12H15NO5S/c1-8(7-12(15)16)13-19(17,18)11-5-3-10(4-6-11)9(2)14/h3-6,8,13H,7H2,1-2H3,(H,15,16). The lowest BCUT2D eigenvalue weighted by molar-refractivity contribution is -0.137. The van der Waals surface area contributed by atoms with Crippen LogP contribution in [0, 0.1) is 0 Å².